The maximum Gasteiger partial charge on any atom is 0.258 e. The minimum atomic E-state index is -0.692. The topological polar surface area (TPSA) is 118 Å². The van der Waals surface area contributed by atoms with Gasteiger partial charge in [-0.3, -0.25) is 9.59 Å². The van der Waals surface area contributed by atoms with E-state index in [0.29, 0.717) is 16.8 Å². The average molecular weight is 417 g/mol. The Hall–Kier alpha value is -4.20. The molecule has 0 spiro atoms. The van der Waals surface area contributed by atoms with Gasteiger partial charge in [-0.05, 0) is 35.9 Å². The predicted molar refractivity (Wildman–Crippen MR) is 118 cm³/mol. The molecule has 2 heterocycles. The number of nitrogens with one attached hydrogen (secondary N) is 1. The van der Waals surface area contributed by atoms with Gasteiger partial charge in [-0.1, -0.05) is 12.1 Å². The highest BCUT2D eigenvalue weighted by molar-refractivity contribution is 6.01. The molecule has 8 heteroatoms. The van der Waals surface area contributed by atoms with Crippen LogP contribution in [0.5, 0.6) is 0 Å². The molecule has 0 atom stereocenters. The lowest BCUT2D eigenvalue weighted by Crippen LogP contribution is -2.24. The molecule has 2 aromatic heterocycles. The standard InChI is InChI=1S/C23H20FN5O2/c1-29(2)23(31)19-18(25)8-7-15(20(19)24)14-9-16-17(11-28-22(16)27-10-14)12-3-5-13(6-4-12)21(26)30/h3-11H,25H2,1-2H3,(H2,26,30)(H,27,28). The lowest BCUT2D eigenvalue weighted by molar-refractivity contribution is 0.0824. The van der Waals surface area contributed by atoms with Crippen LogP contribution in [-0.2, 0) is 0 Å². The number of nitrogens with zero attached hydrogens (tertiary/aromatic N) is 2. The van der Waals surface area contributed by atoms with Crippen LogP contribution in [0.25, 0.3) is 33.3 Å². The Balaban J connectivity index is 1.84. The van der Waals surface area contributed by atoms with Crippen LogP contribution in [0, 0.1) is 5.82 Å². The number of amides is 2. The van der Waals surface area contributed by atoms with Crippen molar-refractivity contribution in [2.45, 2.75) is 0 Å². The Morgan fingerprint density at radius 1 is 1.03 bits per heavy atom. The van der Waals surface area contributed by atoms with E-state index in [0.717, 1.165) is 16.5 Å². The quantitative estimate of drug-likeness (QED) is 0.441. The molecule has 0 saturated heterocycles. The Morgan fingerprint density at radius 3 is 2.39 bits per heavy atom. The number of nitrogen functional groups attached to an aromatic ring is 1. The van der Waals surface area contributed by atoms with Gasteiger partial charge in [0.05, 0.1) is 5.56 Å². The van der Waals surface area contributed by atoms with Crippen LogP contribution >= 0.6 is 0 Å². The number of carbonyl (C=O) groups is 2. The summed E-state index contributed by atoms with van der Waals surface area (Å²) in [6.45, 7) is 0. The van der Waals surface area contributed by atoms with Crippen LogP contribution in [0.15, 0.2) is 54.9 Å². The number of aromatic amines is 1. The summed E-state index contributed by atoms with van der Waals surface area (Å²) >= 11 is 0. The predicted octanol–water partition coefficient (Wildman–Crippen LogP) is 3.42. The number of nitrogens with two attached hydrogens (primary N) is 2. The van der Waals surface area contributed by atoms with E-state index in [1.807, 2.05) is 0 Å². The Morgan fingerprint density at radius 2 is 1.74 bits per heavy atom. The number of halogens is 1. The molecule has 0 aliphatic carbocycles. The molecule has 0 fully saturated rings. The van der Waals surface area contributed by atoms with Crippen molar-refractivity contribution in [2.75, 3.05) is 19.8 Å². The van der Waals surface area contributed by atoms with E-state index in [1.165, 1.54) is 37.3 Å². The van der Waals surface area contributed by atoms with Gasteiger partial charge >= 0.3 is 0 Å². The number of H-pyrrole nitrogens is 1. The largest absolute Gasteiger partial charge is 0.398 e. The third kappa shape index (κ3) is 3.48. The normalized spacial score (nSPS) is 10.9. The monoisotopic (exact) mass is 417 g/mol. The lowest BCUT2D eigenvalue weighted by atomic mass is 9.98. The van der Waals surface area contributed by atoms with Crippen molar-refractivity contribution in [3.8, 4) is 22.3 Å². The zero-order valence-electron chi connectivity index (χ0n) is 16.9. The van der Waals surface area contributed by atoms with Crippen LogP contribution in [0.2, 0.25) is 0 Å². The molecule has 5 N–H and O–H groups in total. The van der Waals surface area contributed by atoms with Crippen LogP contribution in [-0.4, -0.2) is 40.8 Å². The first-order valence-electron chi connectivity index (χ1n) is 9.45. The minimum Gasteiger partial charge on any atom is -0.398 e. The molecule has 2 aromatic carbocycles. The average Bonchev–Trinajstić information content (AvgIpc) is 3.17. The lowest BCUT2D eigenvalue weighted by Gasteiger charge is -2.15. The molecule has 0 unspecified atom stereocenters. The molecule has 4 aromatic rings. The molecule has 2 amide bonds. The van der Waals surface area contributed by atoms with Crippen LogP contribution < -0.4 is 11.5 Å². The molecular formula is C23H20FN5O2. The van der Waals surface area contributed by atoms with Gasteiger partial charge in [0.2, 0.25) is 5.91 Å². The molecule has 0 radical (unpaired) electrons. The second-order valence-corrected chi connectivity index (χ2v) is 7.36. The van der Waals surface area contributed by atoms with Gasteiger partial charge < -0.3 is 21.4 Å². The maximum absolute atomic E-state index is 15.3. The van der Waals surface area contributed by atoms with Gasteiger partial charge in [-0.2, -0.15) is 0 Å². The number of carbonyl (C=O) groups excluding carboxylic acids is 2. The van der Waals surface area contributed by atoms with Crippen molar-refractivity contribution in [3.63, 3.8) is 0 Å². The highest BCUT2D eigenvalue weighted by Gasteiger charge is 2.21. The van der Waals surface area contributed by atoms with Crippen molar-refractivity contribution >= 4 is 28.5 Å². The van der Waals surface area contributed by atoms with Gasteiger partial charge in [0, 0.05) is 59.8 Å². The summed E-state index contributed by atoms with van der Waals surface area (Å²) in [5, 5.41) is 0.765. The summed E-state index contributed by atoms with van der Waals surface area (Å²) < 4.78 is 15.3. The SMILES string of the molecule is CN(C)C(=O)c1c(N)ccc(-c2cnc3[nH]cc(-c4ccc(C(N)=O)cc4)c3c2)c1F. The molecular weight excluding hydrogens is 397 g/mol. The fourth-order valence-electron chi connectivity index (χ4n) is 3.46. The van der Waals surface area contributed by atoms with E-state index in [4.69, 9.17) is 11.5 Å². The molecule has 156 valence electrons. The Bertz CT molecular complexity index is 1330. The van der Waals surface area contributed by atoms with Gasteiger partial charge in [-0.15, -0.1) is 0 Å². The van der Waals surface area contributed by atoms with Gasteiger partial charge in [0.15, 0.2) is 0 Å². The summed E-state index contributed by atoms with van der Waals surface area (Å²) in [6.07, 6.45) is 3.33. The first-order valence-corrected chi connectivity index (χ1v) is 9.45. The maximum atomic E-state index is 15.3. The first-order chi connectivity index (χ1) is 14.8. The summed E-state index contributed by atoms with van der Waals surface area (Å²) in [6, 6.07) is 11.7. The zero-order chi connectivity index (χ0) is 22.3. The van der Waals surface area contributed by atoms with Crippen LogP contribution in [0.3, 0.4) is 0 Å². The summed E-state index contributed by atoms with van der Waals surface area (Å²) in [7, 11) is 3.08. The Labute approximate surface area is 177 Å². The molecule has 4 rings (SSSR count). The number of aromatic nitrogens is 2. The third-order valence-corrected chi connectivity index (χ3v) is 5.12. The van der Waals surface area contributed by atoms with Crippen molar-refractivity contribution in [3.05, 3.63) is 71.8 Å². The second-order valence-electron chi connectivity index (χ2n) is 7.36. The van der Waals surface area contributed by atoms with E-state index >= 15 is 4.39 Å². The smallest absolute Gasteiger partial charge is 0.258 e. The van der Waals surface area contributed by atoms with Crippen molar-refractivity contribution in [2.24, 2.45) is 5.73 Å². The van der Waals surface area contributed by atoms with Crippen LogP contribution in [0.4, 0.5) is 10.1 Å². The number of pyridine rings is 1. The summed E-state index contributed by atoms with van der Waals surface area (Å²) in [5.41, 5.74) is 14.5. The number of benzene rings is 2. The molecule has 0 bridgehead atoms. The van der Waals surface area contributed by atoms with Crippen molar-refractivity contribution < 1.29 is 14.0 Å². The minimum absolute atomic E-state index is 0.0749. The summed E-state index contributed by atoms with van der Waals surface area (Å²) in [4.78, 5) is 32.5. The van der Waals surface area contributed by atoms with Gasteiger partial charge in [-0.25, -0.2) is 9.37 Å². The van der Waals surface area contributed by atoms with E-state index < -0.39 is 17.6 Å². The fourth-order valence-corrected chi connectivity index (χ4v) is 3.46. The van der Waals surface area contributed by atoms with Gasteiger partial charge in [0.25, 0.3) is 5.91 Å². The van der Waals surface area contributed by atoms with E-state index in [1.54, 1.807) is 36.5 Å². The van der Waals surface area contributed by atoms with Gasteiger partial charge in [0.1, 0.15) is 11.5 Å². The first kappa shape index (κ1) is 20.1. The fraction of sp³-hybridized carbons (Fsp3) is 0.0870. The van der Waals surface area contributed by atoms with E-state index in [9.17, 15) is 9.59 Å². The van der Waals surface area contributed by atoms with Crippen molar-refractivity contribution in [1.82, 2.24) is 14.9 Å². The molecule has 7 nitrogen and oxygen atoms in total. The molecule has 0 aliphatic heterocycles. The number of fused-ring (bicyclic) bond motifs is 1. The number of primary amides is 1. The van der Waals surface area contributed by atoms with E-state index in [-0.39, 0.29) is 16.8 Å². The highest BCUT2D eigenvalue weighted by Crippen LogP contribution is 2.34. The number of hydrogen-bond donors (Lipinski definition) is 3. The van der Waals surface area contributed by atoms with Crippen molar-refractivity contribution in [1.29, 1.82) is 0 Å². The molecule has 0 aliphatic rings. The summed E-state index contributed by atoms with van der Waals surface area (Å²) in [5.74, 6) is -1.71. The van der Waals surface area contributed by atoms with E-state index in [2.05, 4.69) is 9.97 Å². The third-order valence-electron chi connectivity index (χ3n) is 5.12. The number of anilines is 1. The molecule has 0 saturated carbocycles. The highest BCUT2D eigenvalue weighted by atomic mass is 19.1. The Kier molecular flexibility index (Phi) is 4.90. The zero-order valence-corrected chi connectivity index (χ0v) is 16.9. The number of hydrogen-bond acceptors (Lipinski definition) is 4. The second kappa shape index (κ2) is 7.56. The molecule has 31 heavy (non-hydrogen) atoms. The number of rotatable bonds is 4. The van der Waals surface area contributed by atoms with Crippen LogP contribution in [0.1, 0.15) is 20.7 Å².